The first-order valence-electron chi connectivity index (χ1n) is 14.8. The van der Waals surface area contributed by atoms with Gasteiger partial charge in [0.15, 0.2) is 34.7 Å². The summed E-state index contributed by atoms with van der Waals surface area (Å²) in [5.41, 5.74) is 3.69. The van der Waals surface area contributed by atoms with Crippen LogP contribution in [-0.2, 0) is 32.1 Å². The van der Waals surface area contributed by atoms with Crippen molar-refractivity contribution in [2.45, 2.75) is 64.1 Å². The van der Waals surface area contributed by atoms with Gasteiger partial charge in [0, 0.05) is 24.0 Å². The van der Waals surface area contributed by atoms with Crippen LogP contribution in [0.3, 0.4) is 0 Å². The van der Waals surface area contributed by atoms with E-state index in [4.69, 9.17) is 17.3 Å². The van der Waals surface area contributed by atoms with E-state index < -0.39 is 64.4 Å². The summed E-state index contributed by atoms with van der Waals surface area (Å²) in [6.07, 6.45) is 3.55. The third-order valence-corrected chi connectivity index (χ3v) is 10.2. The smallest absolute Gasteiger partial charge is 0.235 e. The Bertz CT molecular complexity index is 1360. The fraction of sp³-hybridized carbons (Fsp3) is 0.645. The van der Waals surface area contributed by atoms with E-state index in [-0.39, 0.29) is 24.2 Å². The number of nitrogens with two attached hydrogens (primary N) is 1. The largest absolute Gasteiger partial charge is 0.507 e. The highest BCUT2D eigenvalue weighted by molar-refractivity contribution is 6.34. The Balaban J connectivity index is 1.52. The summed E-state index contributed by atoms with van der Waals surface area (Å²) >= 11 is 6.94. The molecular formula is C31H40ClN3O7. The number of amides is 1. The first-order valence-corrected chi connectivity index (χ1v) is 15.2. The predicted octanol–water partition coefficient (Wildman–Crippen LogP) is 1.78. The van der Waals surface area contributed by atoms with Crippen LogP contribution in [-0.4, -0.2) is 87.9 Å². The summed E-state index contributed by atoms with van der Waals surface area (Å²) < 4.78 is 0. The molecule has 1 aromatic rings. The predicted molar refractivity (Wildman–Crippen MR) is 154 cm³/mol. The maximum absolute atomic E-state index is 13.9. The Hall–Kier alpha value is -2.66. The Morgan fingerprint density at radius 1 is 1.17 bits per heavy atom. The molecule has 228 valence electrons. The number of carbonyl (C=O) groups is 5. The van der Waals surface area contributed by atoms with Gasteiger partial charge in [-0.2, -0.15) is 0 Å². The molecule has 4 N–H and O–H groups in total. The molecule has 3 fully saturated rings. The van der Waals surface area contributed by atoms with Gasteiger partial charge in [-0.1, -0.05) is 25.4 Å². The number of hydrogen-bond acceptors (Lipinski definition) is 9. The summed E-state index contributed by atoms with van der Waals surface area (Å²) in [6, 6.07) is 0.341. The van der Waals surface area contributed by atoms with Gasteiger partial charge in [0.25, 0.3) is 0 Å². The zero-order valence-corrected chi connectivity index (χ0v) is 25.3. The lowest BCUT2D eigenvalue weighted by Crippen LogP contribution is -2.74. The van der Waals surface area contributed by atoms with Crippen LogP contribution in [0.4, 0.5) is 0 Å². The first kappa shape index (κ1) is 30.8. The van der Waals surface area contributed by atoms with E-state index >= 15 is 0 Å². The van der Waals surface area contributed by atoms with E-state index in [0.717, 1.165) is 19.5 Å². The number of halogens is 1. The summed E-state index contributed by atoms with van der Waals surface area (Å²) in [5.74, 6) is -9.46. The van der Waals surface area contributed by atoms with Crippen molar-refractivity contribution < 1.29 is 34.2 Å². The average Bonchev–Trinajstić information content (AvgIpc) is 3.71. The molecule has 1 amide bonds. The number of benzene rings is 1. The van der Waals surface area contributed by atoms with Gasteiger partial charge in [0.2, 0.25) is 5.91 Å². The van der Waals surface area contributed by atoms with Crippen molar-refractivity contribution in [2.24, 2.45) is 41.2 Å². The minimum atomic E-state index is -2.74. The molecular weight excluding hydrogens is 562 g/mol. The maximum Gasteiger partial charge on any atom is 0.235 e. The summed E-state index contributed by atoms with van der Waals surface area (Å²) in [6.45, 7) is 6.65. The van der Waals surface area contributed by atoms with Gasteiger partial charge in [-0.05, 0) is 87.7 Å². The fourth-order valence-electron chi connectivity index (χ4n) is 7.40. The maximum atomic E-state index is 13.9. The molecule has 5 rings (SSSR count). The van der Waals surface area contributed by atoms with Crippen molar-refractivity contribution in [3.63, 3.8) is 0 Å². The number of likely N-dealkylation sites (N-methyl/N-ethyl adjacent to an activating group) is 1. The van der Waals surface area contributed by atoms with Crippen molar-refractivity contribution in [1.29, 1.82) is 0 Å². The third-order valence-electron chi connectivity index (χ3n) is 9.70. The molecule has 11 heteroatoms. The normalized spacial score (nSPS) is 31.0. The van der Waals surface area contributed by atoms with Crippen LogP contribution in [0.2, 0.25) is 5.02 Å². The van der Waals surface area contributed by atoms with Crippen molar-refractivity contribution in [3.05, 3.63) is 27.8 Å². The van der Waals surface area contributed by atoms with Crippen molar-refractivity contribution in [2.75, 3.05) is 27.2 Å². The Kier molecular flexibility index (Phi) is 8.15. The topological polar surface area (TPSA) is 158 Å². The molecule has 0 aliphatic heterocycles. The molecule has 0 spiro atoms. The Labute approximate surface area is 250 Å². The van der Waals surface area contributed by atoms with Gasteiger partial charge in [-0.15, -0.1) is 0 Å². The number of aromatic hydroxyl groups is 1. The summed E-state index contributed by atoms with van der Waals surface area (Å²) in [4.78, 5) is 70.4. The number of hydrogen-bond donors (Lipinski definition) is 3. The highest BCUT2D eigenvalue weighted by atomic mass is 35.5. The lowest BCUT2D eigenvalue weighted by atomic mass is 9.52. The van der Waals surface area contributed by atoms with Crippen molar-refractivity contribution >= 4 is 40.6 Å². The van der Waals surface area contributed by atoms with Gasteiger partial charge in [-0.25, -0.2) is 0 Å². The van der Waals surface area contributed by atoms with Crippen molar-refractivity contribution in [3.8, 4) is 5.75 Å². The highest BCUT2D eigenvalue weighted by Gasteiger charge is 2.69. The molecule has 42 heavy (non-hydrogen) atoms. The van der Waals surface area contributed by atoms with E-state index in [1.165, 1.54) is 23.8 Å². The number of aliphatic hydroxyl groups is 1. The number of rotatable bonds is 9. The quantitative estimate of drug-likeness (QED) is 0.359. The fourth-order valence-corrected chi connectivity index (χ4v) is 7.69. The van der Waals surface area contributed by atoms with Crippen LogP contribution in [0, 0.1) is 35.5 Å². The van der Waals surface area contributed by atoms with E-state index in [1.54, 1.807) is 14.1 Å². The highest BCUT2D eigenvalue weighted by Crippen LogP contribution is 2.52. The van der Waals surface area contributed by atoms with Crippen LogP contribution in [0.15, 0.2) is 6.07 Å². The Morgan fingerprint density at radius 2 is 1.83 bits per heavy atom. The van der Waals surface area contributed by atoms with Gasteiger partial charge in [0.05, 0.1) is 17.5 Å². The molecule has 0 heterocycles. The van der Waals surface area contributed by atoms with Crippen LogP contribution in [0.25, 0.3) is 0 Å². The summed E-state index contributed by atoms with van der Waals surface area (Å²) in [5, 5.41) is 23.1. The lowest BCUT2D eigenvalue weighted by molar-refractivity contribution is -0.181. The van der Waals surface area contributed by atoms with Crippen LogP contribution in [0.5, 0.6) is 5.75 Å². The standard InChI is InChI=1S/C31H40ClN3O7/c1-14(2)7-8-35(12-15-5-6-15)13-17-11-20(36)22-18(24(17)32)9-16-10-19-25(34(3)4)27(38)23(30(33)41)29(40)31(19,42)28(39)21(16)26(22)37/h11,14-16,19,21,23,25,36,42H,5-10,12-13H2,1-4H3,(H2,33,41)/t16-,19-,21?,23?,25-,31-/m0/s1. The minimum Gasteiger partial charge on any atom is -0.507 e. The second-order valence-electron chi connectivity index (χ2n) is 13.4. The molecule has 10 nitrogen and oxygen atoms in total. The molecule has 0 bridgehead atoms. The van der Waals surface area contributed by atoms with Crippen molar-refractivity contribution in [1.82, 2.24) is 9.80 Å². The number of phenols is 1. The number of primary amides is 1. The molecule has 3 saturated carbocycles. The molecule has 0 aromatic heterocycles. The molecule has 0 radical (unpaired) electrons. The number of phenolic OH excluding ortho intramolecular Hbond substituents is 1. The summed E-state index contributed by atoms with van der Waals surface area (Å²) in [7, 11) is 3.12. The average molecular weight is 602 g/mol. The van der Waals surface area contributed by atoms with E-state index in [0.29, 0.717) is 34.5 Å². The second-order valence-corrected chi connectivity index (χ2v) is 13.8. The molecule has 0 saturated heterocycles. The molecule has 4 aliphatic carbocycles. The number of ketones is 4. The zero-order chi connectivity index (χ0) is 30.8. The van der Waals surface area contributed by atoms with E-state index in [1.807, 2.05) is 0 Å². The number of carbonyl (C=O) groups excluding carboxylic acids is 5. The molecule has 1 aromatic carbocycles. The SMILES string of the molecule is CC(C)CCN(Cc1cc(O)c2c(c1Cl)C[C@H]1C[C@H]3[C@H](N(C)C)C(=O)C(C(N)=O)C(=O)[C@@]3(O)C(=O)C1C2=O)CC1CC1. The van der Waals surface area contributed by atoms with Crippen LogP contribution < -0.4 is 5.73 Å². The number of fused-ring (bicyclic) bond motifs is 3. The molecule has 6 atom stereocenters. The Morgan fingerprint density at radius 3 is 2.40 bits per heavy atom. The van der Waals surface area contributed by atoms with Gasteiger partial charge in [0.1, 0.15) is 5.75 Å². The third kappa shape index (κ3) is 5.00. The van der Waals surface area contributed by atoms with Gasteiger partial charge < -0.3 is 15.9 Å². The van der Waals surface area contributed by atoms with Crippen LogP contribution >= 0.6 is 11.6 Å². The van der Waals surface area contributed by atoms with Gasteiger partial charge >= 0.3 is 0 Å². The number of nitrogens with zero attached hydrogens (tertiary/aromatic N) is 2. The number of Topliss-reactive ketones (excluding diaryl/α,β-unsaturated/α-hetero) is 4. The minimum absolute atomic E-state index is 0.00654. The van der Waals surface area contributed by atoms with Crippen LogP contribution in [0.1, 0.15) is 61.0 Å². The lowest BCUT2D eigenvalue weighted by Gasteiger charge is -2.52. The first-order chi connectivity index (χ1) is 19.7. The molecule has 2 unspecified atom stereocenters. The van der Waals surface area contributed by atoms with E-state index in [2.05, 4.69) is 18.7 Å². The monoisotopic (exact) mass is 601 g/mol. The molecule has 4 aliphatic rings. The second kappa shape index (κ2) is 11.1. The zero-order valence-electron chi connectivity index (χ0n) is 24.6. The van der Waals surface area contributed by atoms with E-state index in [9.17, 15) is 34.2 Å². The van der Waals surface area contributed by atoms with Gasteiger partial charge in [-0.3, -0.25) is 33.8 Å².